The molecular formula is C23H32N2O2. The van der Waals surface area contributed by atoms with Crippen LogP contribution < -0.4 is 14.4 Å². The smallest absolute Gasteiger partial charge is 0.120 e. The molecule has 0 atom stereocenters. The van der Waals surface area contributed by atoms with Crippen LogP contribution >= 0.6 is 0 Å². The highest BCUT2D eigenvalue weighted by atomic mass is 16.5. The molecule has 1 aliphatic heterocycles. The molecule has 0 aliphatic carbocycles. The molecule has 0 radical (unpaired) electrons. The summed E-state index contributed by atoms with van der Waals surface area (Å²) in [5.74, 6) is 1.85. The van der Waals surface area contributed by atoms with Gasteiger partial charge in [-0.15, -0.1) is 0 Å². The number of hydrogen-bond acceptors (Lipinski definition) is 4. The van der Waals surface area contributed by atoms with Gasteiger partial charge in [0.1, 0.15) is 18.1 Å². The molecule has 0 aromatic heterocycles. The van der Waals surface area contributed by atoms with Crippen LogP contribution in [-0.4, -0.2) is 44.8 Å². The molecule has 0 bridgehead atoms. The highest BCUT2D eigenvalue weighted by Gasteiger charge is 2.10. The number of ether oxygens (including phenoxy) is 2. The van der Waals surface area contributed by atoms with E-state index in [0.29, 0.717) is 0 Å². The molecule has 0 saturated carbocycles. The summed E-state index contributed by atoms with van der Waals surface area (Å²) in [5, 5.41) is 0. The topological polar surface area (TPSA) is 24.9 Å². The Balaban J connectivity index is 1.51. The maximum absolute atomic E-state index is 5.94. The van der Waals surface area contributed by atoms with Crippen molar-refractivity contribution in [2.24, 2.45) is 0 Å². The molecule has 1 aliphatic rings. The number of benzene rings is 2. The molecule has 4 nitrogen and oxygen atoms in total. The predicted molar refractivity (Wildman–Crippen MR) is 112 cm³/mol. The largest absolute Gasteiger partial charge is 0.497 e. The van der Waals surface area contributed by atoms with Crippen molar-refractivity contribution in [1.29, 1.82) is 0 Å². The Morgan fingerprint density at radius 2 is 1.74 bits per heavy atom. The molecule has 0 N–H and O–H groups in total. The van der Waals surface area contributed by atoms with E-state index in [9.17, 15) is 0 Å². The van der Waals surface area contributed by atoms with Gasteiger partial charge in [-0.3, -0.25) is 4.90 Å². The van der Waals surface area contributed by atoms with Crippen LogP contribution in [0.2, 0.25) is 0 Å². The van der Waals surface area contributed by atoms with Crippen LogP contribution in [0.1, 0.15) is 31.7 Å². The molecule has 0 amide bonds. The summed E-state index contributed by atoms with van der Waals surface area (Å²) < 4.78 is 11.3. The number of nitrogens with zero attached hydrogens (tertiary/aromatic N) is 2. The molecule has 1 saturated heterocycles. The van der Waals surface area contributed by atoms with Gasteiger partial charge in [-0.1, -0.05) is 24.6 Å². The number of rotatable bonds is 9. The molecule has 2 aromatic carbocycles. The predicted octanol–water partition coefficient (Wildman–Crippen LogP) is 4.59. The van der Waals surface area contributed by atoms with Crippen molar-refractivity contribution in [1.82, 2.24) is 4.90 Å². The Morgan fingerprint density at radius 1 is 0.963 bits per heavy atom. The van der Waals surface area contributed by atoms with Gasteiger partial charge in [-0.05, 0) is 62.7 Å². The maximum Gasteiger partial charge on any atom is 0.120 e. The molecule has 0 spiro atoms. The first-order valence-corrected chi connectivity index (χ1v) is 10.1. The minimum absolute atomic E-state index is 0.768. The van der Waals surface area contributed by atoms with Gasteiger partial charge >= 0.3 is 0 Å². The third-order valence-electron chi connectivity index (χ3n) is 5.22. The number of methoxy groups -OCH3 is 1. The fraction of sp³-hybridized carbons (Fsp3) is 0.478. The van der Waals surface area contributed by atoms with Gasteiger partial charge in [-0.2, -0.15) is 0 Å². The van der Waals surface area contributed by atoms with E-state index in [1.165, 1.54) is 43.6 Å². The number of anilines is 1. The lowest BCUT2D eigenvalue weighted by atomic mass is 10.1. The van der Waals surface area contributed by atoms with Gasteiger partial charge in [0.15, 0.2) is 0 Å². The van der Waals surface area contributed by atoms with Crippen molar-refractivity contribution in [3.63, 3.8) is 0 Å². The Hall–Kier alpha value is -2.20. The van der Waals surface area contributed by atoms with Crippen LogP contribution in [-0.2, 0) is 6.54 Å². The Morgan fingerprint density at radius 3 is 2.44 bits per heavy atom. The maximum atomic E-state index is 5.94. The van der Waals surface area contributed by atoms with E-state index in [4.69, 9.17) is 9.47 Å². The molecule has 1 heterocycles. The zero-order chi connectivity index (χ0) is 18.9. The van der Waals surface area contributed by atoms with Gasteiger partial charge < -0.3 is 14.4 Å². The van der Waals surface area contributed by atoms with Crippen LogP contribution in [0, 0.1) is 0 Å². The van der Waals surface area contributed by atoms with Crippen LogP contribution in [0.25, 0.3) is 0 Å². The van der Waals surface area contributed by atoms with Gasteiger partial charge in [0.2, 0.25) is 0 Å². The quantitative estimate of drug-likeness (QED) is 0.646. The summed E-state index contributed by atoms with van der Waals surface area (Å²) >= 11 is 0. The summed E-state index contributed by atoms with van der Waals surface area (Å²) in [6, 6.07) is 16.7. The lowest BCUT2D eigenvalue weighted by molar-refractivity contribution is 0.183. The zero-order valence-electron chi connectivity index (χ0n) is 16.7. The highest BCUT2D eigenvalue weighted by molar-refractivity contribution is 5.51. The van der Waals surface area contributed by atoms with Crippen LogP contribution in [0.15, 0.2) is 48.5 Å². The van der Waals surface area contributed by atoms with Gasteiger partial charge in [0.25, 0.3) is 0 Å². The molecule has 0 unspecified atom stereocenters. The van der Waals surface area contributed by atoms with E-state index in [2.05, 4.69) is 53.1 Å². The van der Waals surface area contributed by atoms with E-state index in [1.54, 1.807) is 7.11 Å². The summed E-state index contributed by atoms with van der Waals surface area (Å²) in [6.07, 6.45) is 4.04. The summed E-state index contributed by atoms with van der Waals surface area (Å²) in [4.78, 5) is 4.85. The average molecular weight is 369 g/mol. The van der Waals surface area contributed by atoms with Crippen molar-refractivity contribution in [2.45, 2.75) is 32.7 Å². The number of likely N-dealkylation sites (tertiary alicyclic amines) is 1. The number of piperidine rings is 1. The second kappa shape index (κ2) is 10.2. The molecule has 1 fully saturated rings. The molecular weight excluding hydrogens is 336 g/mol. The lowest BCUT2D eigenvalue weighted by Gasteiger charge is -2.26. The fourth-order valence-corrected chi connectivity index (χ4v) is 3.58. The van der Waals surface area contributed by atoms with Crippen LogP contribution in [0.5, 0.6) is 11.5 Å². The van der Waals surface area contributed by atoms with E-state index in [-0.39, 0.29) is 0 Å². The summed E-state index contributed by atoms with van der Waals surface area (Å²) in [5.41, 5.74) is 2.46. The van der Waals surface area contributed by atoms with Gasteiger partial charge in [0, 0.05) is 31.4 Å². The zero-order valence-corrected chi connectivity index (χ0v) is 16.7. The van der Waals surface area contributed by atoms with Crippen molar-refractivity contribution in [3.05, 3.63) is 54.1 Å². The van der Waals surface area contributed by atoms with E-state index in [1.807, 2.05) is 12.1 Å². The minimum atomic E-state index is 0.768. The molecule has 4 heteroatoms. The van der Waals surface area contributed by atoms with Crippen LogP contribution in [0.4, 0.5) is 5.69 Å². The van der Waals surface area contributed by atoms with E-state index >= 15 is 0 Å². The summed E-state index contributed by atoms with van der Waals surface area (Å²) in [7, 11) is 1.71. The molecule has 3 rings (SSSR count). The summed E-state index contributed by atoms with van der Waals surface area (Å²) in [6.45, 7) is 8.24. The first-order valence-electron chi connectivity index (χ1n) is 10.1. The average Bonchev–Trinajstić information content (AvgIpc) is 2.74. The first kappa shape index (κ1) is 19.6. The van der Waals surface area contributed by atoms with E-state index in [0.717, 1.165) is 37.7 Å². The van der Waals surface area contributed by atoms with Gasteiger partial charge in [-0.25, -0.2) is 0 Å². The lowest BCUT2D eigenvalue weighted by Crippen LogP contribution is -2.33. The second-order valence-electron chi connectivity index (χ2n) is 7.11. The number of hydrogen-bond donors (Lipinski definition) is 0. The van der Waals surface area contributed by atoms with Crippen molar-refractivity contribution >= 4 is 5.69 Å². The third kappa shape index (κ3) is 5.90. The second-order valence-corrected chi connectivity index (χ2v) is 7.11. The molecule has 27 heavy (non-hydrogen) atoms. The first-order chi connectivity index (χ1) is 13.3. The molecule has 2 aromatic rings. The monoisotopic (exact) mass is 368 g/mol. The van der Waals surface area contributed by atoms with Crippen molar-refractivity contribution in [3.8, 4) is 11.5 Å². The minimum Gasteiger partial charge on any atom is -0.497 e. The molecule has 146 valence electrons. The van der Waals surface area contributed by atoms with Gasteiger partial charge in [0.05, 0.1) is 7.11 Å². The normalized spacial score (nSPS) is 14.7. The highest BCUT2D eigenvalue weighted by Crippen LogP contribution is 2.23. The third-order valence-corrected chi connectivity index (χ3v) is 5.22. The standard InChI is InChI=1S/C23H32N2O2/c1-3-25(21-8-7-9-23(18-21)26-2)19-20-10-12-22(13-11-20)27-17-16-24-14-5-4-6-15-24/h7-13,18H,3-6,14-17,19H2,1-2H3. The van der Waals surface area contributed by atoms with Crippen molar-refractivity contribution in [2.75, 3.05) is 44.8 Å². The Bertz CT molecular complexity index is 681. The van der Waals surface area contributed by atoms with E-state index < -0.39 is 0 Å². The van der Waals surface area contributed by atoms with Crippen molar-refractivity contribution < 1.29 is 9.47 Å². The van der Waals surface area contributed by atoms with Crippen LogP contribution in [0.3, 0.4) is 0 Å². The fourth-order valence-electron chi connectivity index (χ4n) is 3.58. The SMILES string of the molecule is CCN(Cc1ccc(OCCN2CCCCC2)cc1)c1cccc(OC)c1. The Labute approximate surface area is 163 Å². The Kier molecular flexibility index (Phi) is 7.40.